The van der Waals surface area contributed by atoms with E-state index in [0.717, 1.165) is 24.2 Å². The van der Waals surface area contributed by atoms with Crippen LogP contribution in [0.1, 0.15) is 10.4 Å². The molecule has 2 fully saturated rings. The summed E-state index contributed by atoms with van der Waals surface area (Å²) < 4.78 is 5.86. The topological polar surface area (TPSA) is 73.1 Å². The van der Waals surface area contributed by atoms with Gasteiger partial charge in [0.1, 0.15) is 5.52 Å². The number of β-amino-alcohol motifs (C(OH)–C–C–N with tert-alkyl or cyclic N) is 1. The molecule has 2 atom stereocenters. The zero-order valence-electron chi connectivity index (χ0n) is 16.4. The fourth-order valence-electron chi connectivity index (χ4n) is 4.31. The number of hydrogen-bond donors (Lipinski definition) is 1. The van der Waals surface area contributed by atoms with Gasteiger partial charge in [-0.25, -0.2) is 0 Å². The van der Waals surface area contributed by atoms with Crippen molar-refractivity contribution in [2.75, 3.05) is 44.2 Å². The predicted molar refractivity (Wildman–Crippen MR) is 115 cm³/mol. The third-order valence-corrected chi connectivity index (χ3v) is 6.23. The largest absolute Gasteiger partial charge is 0.423 e. The highest BCUT2D eigenvalue weighted by Crippen LogP contribution is 2.27. The molecule has 3 heterocycles. The van der Waals surface area contributed by atoms with E-state index in [9.17, 15) is 9.90 Å². The number of carbonyl (C=O) groups is 1. The molecular formula is C22H23ClN4O3. The Kier molecular flexibility index (Phi) is 5.10. The molecular weight excluding hydrogens is 404 g/mol. The molecule has 0 unspecified atom stereocenters. The average Bonchev–Trinajstić information content (AvgIpc) is 3.37. The first-order chi connectivity index (χ1) is 14.6. The van der Waals surface area contributed by atoms with Crippen molar-refractivity contribution in [2.24, 2.45) is 0 Å². The first-order valence-electron chi connectivity index (χ1n) is 10.2. The molecule has 0 bridgehead atoms. The first kappa shape index (κ1) is 19.4. The number of fused-ring (bicyclic) bond motifs is 1. The van der Waals surface area contributed by atoms with Crippen molar-refractivity contribution >= 4 is 34.6 Å². The van der Waals surface area contributed by atoms with Gasteiger partial charge in [-0.2, -0.15) is 4.98 Å². The first-order valence-corrected chi connectivity index (χ1v) is 10.5. The van der Waals surface area contributed by atoms with Crippen LogP contribution in [0.5, 0.6) is 0 Å². The normalized spacial score (nSPS) is 22.7. The van der Waals surface area contributed by atoms with Crippen LogP contribution < -0.4 is 4.90 Å². The van der Waals surface area contributed by atoms with Crippen LogP contribution in [0.4, 0.5) is 6.01 Å². The number of anilines is 1. The zero-order valence-corrected chi connectivity index (χ0v) is 17.2. The minimum atomic E-state index is -0.487. The van der Waals surface area contributed by atoms with Crippen molar-refractivity contribution in [3.8, 4) is 0 Å². The molecule has 2 aliphatic heterocycles. The van der Waals surface area contributed by atoms with Crippen molar-refractivity contribution in [1.82, 2.24) is 14.8 Å². The molecule has 3 aromatic rings. The average molecular weight is 427 g/mol. The highest BCUT2D eigenvalue weighted by atomic mass is 35.5. The maximum atomic E-state index is 12.7. The summed E-state index contributed by atoms with van der Waals surface area (Å²) in [6.07, 6.45) is -0.487. The van der Waals surface area contributed by atoms with Gasteiger partial charge in [-0.1, -0.05) is 23.7 Å². The number of halogens is 1. The van der Waals surface area contributed by atoms with E-state index in [4.69, 9.17) is 16.0 Å². The number of aliphatic hydroxyl groups excluding tert-OH is 1. The smallest absolute Gasteiger partial charge is 0.298 e. The molecule has 0 aliphatic carbocycles. The second-order valence-corrected chi connectivity index (χ2v) is 8.28. The highest BCUT2D eigenvalue weighted by molar-refractivity contribution is 6.30. The summed E-state index contributed by atoms with van der Waals surface area (Å²) in [6, 6.07) is 15.2. The van der Waals surface area contributed by atoms with Gasteiger partial charge in [0.25, 0.3) is 11.9 Å². The molecule has 1 N–H and O–H groups in total. The van der Waals surface area contributed by atoms with E-state index in [1.807, 2.05) is 34.1 Å². The number of para-hydroxylation sites is 2. The number of aliphatic hydroxyl groups is 1. The molecule has 0 saturated carbocycles. The summed E-state index contributed by atoms with van der Waals surface area (Å²) >= 11 is 5.92. The van der Waals surface area contributed by atoms with Crippen molar-refractivity contribution in [3.05, 3.63) is 59.1 Å². The minimum Gasteiger partial charge on any atom is -0.423 e. The quantitative estimate of drug-likeness (QED) is 0.693. The Hall–Kier alpha value is -2.61. The number of aromatic nitrogens is 1. The van der Waals surface area contributed by atoms with Crippen LogP contribution in [0, 0.1) is 0 Å². The minimum absolute atomic E-state index is 0.00667. The van der Waals surface area contributed by atoms with Crippen molar-refractivity contribution in [3.63, 3.8) is 0 Å². The van der Waals surface area contributed by atoms with Gasteiger partial charge in [0.2, 0.25) is 0 Å². The van der Waals surface area contributed by atoms with E-state index in [2.05, 4.69) is 9.88 Å². The van der Waals surface area contributed by atoms with Crippen LogP contribution in [0.25, 0.3) is 11.1 Å². The molecule has 1 amide bonds. The summed E-state index contributed by atoms with van der Waals surface area (Å²) in [4.78, 5) is 23.4. The van der Waals surface area contributed by atoms with Crippen molar-refractivity contribution < 1.29 is 14.3 Å². The Bertz CT molecular complexity index is 1010. The van der Waals surface area contributed by atoms with Crippen molar-refractivity contribution in [2.45, 2.75) is 12.1 Å². The zero-order chi connectivity index (χ0) is 20.7. The number of hydrogen-bond acceptors (Lipinski definition) is 6. The lowest BCUT2D eigenvalue weighted by Crippen LogP contribution is -2.54. The van der Waals surface area contributed by atoms with E-state index >= 15 is 0 Å². The van der Waals surface area contributed by atoms with E-state index in [0.29, 0.717) is 42.8 Å². The van der Waals surface area contributed by atoms with Gasteiger partial charge in [0, 0.05) is 49.9 Å². The molecule has 8 heteroatoms. The van der Waals surface area contributed by atoms with Crippen LogP contribution >= 0.6 is 11.6 Å². The number of amides is 1. The molecule has 30 heavy (non-hydrogen) atoms. The summed E-state index contributed by atoms with van der Waals surface area (Å²) in [5.74, 6) is 0.0198. The fourth-order valence-corrected chi connectivity index (χ4v) is 4.44. The van der Waals surface area contributed by atoms with Crippen LogP contribution in [0.15, 0.2) is 52.9 Å². The monoisotopic (exact) mass is 426 g/mol. The molecule has 2 aliphatic rings. The second-order valence-electron chi connectivity index (χ2n) is 7.84. The van der Waals surface area contributed by atoms with Gasteiger partial charge in [-0.15, -0.1) is 0 Å². The Labute approximate surface area is 179 Å². The molecule has 7 nitrogen and oxygen atoms in total. The third-order valence-electron chi connectivity index (χ3n) is 5.97. The van der Waals surface area contributed by atoms with E-state index in [-0.39, 0.29) is 11.9 Å². The lowest BCUT2D eigenvalue weighted by Gasteiger charge is -2.38. The number of nitrogens with zero attached hydrogens (tertiary/aromatic N) is 4. The number of oxazole rings is 1. The van der Waals surface area contributed by atoms with Crippen molar-refractivity contribution in [1.29, 1.82) is 0 Å². The Morgan fingerprint density at radius 1 is 1.03 bits per heavy atom. The standard InChI is InChI=1S/C22H23ClN4O3/c23-16-7-5-15(6-8-16)21(29)26-11-9-25(10-12-26)18-13-27(14-19(18)28)22-24-17-3-1-2-4-20(17)30-22/h1-8,18-19,28H,9-14H2/t18-,19-/m0/s1. The van der Waals surface area contributed by atoms with Gasteiger partial charge in [-0.05, 0) is 36.4 Å². The summed E-state index contributed by atoms with van der Waals surface area (Å²) in [5.41, 5.74) is 2.22. The number of benzene rings is 2. The Morgan fingerprint density at radius 2 is 1.77 bits per heavy atom. The molecule has 0 spiro atoms. The van der Waals surface area contributed by atoms with Crippen LogP contribution in [0.2, 0.25) is 5.02 Å². The molecule has 2 saturated heterocycles. The second kappa shape index (κ2) is 7.91. The molecule has 156 valence electrons. The van der Waals surface area contributed by atoms with Crippen LogP contribution in [-0.4, -0.2) is 77.2 Å². The van der Waals surface area contributed by atoms with Gasteiger partial charge >= 0.3 is 0 Å². The lowest BCUT2D eigenvalue weighted by molar-refractivity contribution is 0.0376. The van der Waals surface area contributed by atoms with Gasteiger partial charge in [0.05, 0.1) is 12.1 Å². The SMILES string of the molecule is O=C(c1ccc(Cl)cc1)N1CCN([C@H]2CN(c3nc4ccccc4o3)C[C@@H]2O)CC1. The van der Waals surface area contributed by atoms with E-state index < -0.39 is 6.10 Å². The third kappa shape index (κ3) is 3.64. The summed E-state index contributed by atoms with van der Waals surface area (Å²) in [6.45, 7) is 3.85. The number of rotatable bonds is 3. The Morgan fingerprint density at radius 3 is 2.50 bits per heavy atom. The maximum absolute atomic E-state index is 12.7. The van der Waals surface area contributed by atoms with E-state index in [1.54, 1.807) is 24.3 Å². The lowest BCUT2D eigenvalue weighted by atomic mass is 10.1. The van der Waals surface area contributed by atoms with Gasteiger partial charge in [0.15, 0.2) is 5.58 Å². The fraction of sp³-hybridized carbons (Fsp3) is 0.364. The molecule has 5 rings (SSSR count). The predicted octanol–water partition coefficient (Wildman–Crippen LogP) is 2.49. The molecule has 0 radical (unpaired) electrons. The molecule has 2 aromatic carbocycles. The Balaban J connectivity index is 1.22. The summed E-state index contributed by atoms with van der Waals surface area (Å²) in [5, 5.41) is 11.3. The van der Waals surface area contributed by atoms with Crippen LogP contribution in [-0.2, 0) is 0 Å². The van der Waals surface area contributed by atoms with Gasteiger partial charge in [-0.3, -0.25) is 9.69 Å². The van der Waals surface area contributed by atoms with Gasteiger partial charge < -0.3 is 19.3 Å². The number of piperazine rings is 1. The van der Waals surface area contributed by atoms with Crippen LogP contribution in [0.3, 0.4) is 0 Å². The number of carbonyl (C=O) groups excluding carboxylic acids is 1. The molecule has 1 aromatic heterocycles. The summed E-state index contributed by atoms with van der Waals surface area (Å²) in [7, 11) is 0. The van der Waals surface area contributed by atoms with E-state index in [1.165, 1.54) is 0 Å². The maximum Gasteiger partial charge on any atom is 0.298 e. The highest BCUT2D eigenvalue weighted by Gasteiger charge is 2.39.